The highest BCUT2D eigenvalue weighted by molar-refractivity contribution is 5.25. The van der Waals surface area contributed by atoms with Gasteiger partial charge in [-0.3, -0.25) is 0 Å². The van der Waals surface area contributed by atoms with E-state index >= 15 is 0 Å². The van der Waals surface area contributed by atoms with Crippen molar-refractivity contribution in [1.29, 1.82) is 0 Å². The highest BCUT2D eigenvalue weighted by Crippen LogP contribution is 2.39. The van der Waals surface area contributed by atoms with Gasteiger partial charge in [-0.1, -0.05) is 11.5 Å². The summed E-state index contributed by atoms with van der Waals surface area (Å²) in [5, 5.41) is 8.57. The summed E-state index contributed by atoms with van der Waals surface area (Å²) in [6, 6.07) is 1.39. The van der Waals surface area contributed by atoms with Crippen molar-refractivity contribution in [2.75, 3.05) is 31.1 Å². The van der Waals surface area contributed by atoms with Crippen LogP contribution in [0.15, 0.2) is 4.42 Å². The first-order chi connectivity index (χ1) is 12.1. The second kappa shape index (κ2) is 7.22. The van der Waals surface area contributed by atoms with Gasteiger partial charge in [0.1, 0.15) is 5.67 Å². The van der Waals surface area contributed by atoms with Crippen LogP contribution >= 0.6 is 0 Å². The summed E-state index contributed by atoms with van der Waals surface area (Å²) in [5.74, 6) is 0.944. The normalized spacial score (nSPS) is 32.9. The third-order valence-corrected chi connectivity index (χ3v) is 6.45. The van der Waals surface area contributed by atoms with Crippen molar-refractivity contribution in [3.8, 4) is 0 Å². The molecule has 1 aromatic rings. The van der Waals surface area contributed by atoms with Crippen LogP contribution in [-0.2, 0) is 0 Å². The van der Waals surface area contributed by atoms with Crippen LogP contribution in [-0.4, -0.2) is 53.0 Å². The highest BCUT2D eigenvalue weighted by Gasteiger charge is 2.34. The smallest absolute Gasteiger partial charge is 0.318 e. The number of piperidine rings is 2. The predicted molar refractivity (Wildman–Crippen MR) is 95.7 cm³/mol. The van der Waals surface area contributed by atoms with E-state index in [-0.39, 0.29) is 5.92 Å². The lowest BCUT2D eigenvalue weighted by molar-refractivity contribution is 0.114. The Kier molecular flexibility index (Phi) is 4.98. The van der Waals surface area contributed by atoms with Gasteiger partial charge < -0.3 is 14.2 Å². The number of rotatable bonds is 3. The van der Waals surface area contributed by atoms with Crippen LogP contribution in [0.1, 0.15) is 76.5 Å². The number of nitrogens with zero attached hydrogens (tertiary/aromatic N) is 4. The monoisotopic (exact) mass is 350 g/mol. The zero-order valence-corrected chi connectivity index (χ0v) is 15.4. The minimum absolute atomic E-state index is 0.232. The van der Waals surface area contributed by atoms with Gasteiger partial charge in [0, 0.05) is 25.0 Å². The van der Waals surface area contributed by atoms with E-state index in [0.717, 1.165) is 32.0 Å². The van der Waals surface area contributed by atoms with Gasteiger partial charge in [0.25, 0.3) is 0 Å². The molecule has 1 saturated carbocycles. The van der Waals surface area contributed by atoms with Crippen LogP contribution in [0.25, 0.3) is 0 Å². The van der Waals surface area contributed by atoms with E-state index in [1.807, 2.05) is 0 Å². The maximum absolute atomic E-state index is 14.0. The van der Waals surface area contributed by atoms with Gasteiger partial charge in [0.2, 0.25) is 5.89 Å². The summed E-state index contributed by atoms with van der Waals surface area (Å²) in [4.78, 5) is 4.91. The fraction of sp³-hybridized carbons (Fsp3) is 0.895. The van der Waals surface area contributed by atoms with E-state index in [4.69, 9.17) is 4.42 Å². The summed E-state index contributed by atoms with van der Waals surface area (Å²) >= 11 is 0. The van der Waals surface area contributed by atoms with Crippen LogP contribution < -0.4 is 4.90 Å². The average Bonchev–Trinajstić information content (AvgIpc) is 3.13. The fourth-order valence-corrected chi connectivity index (χ4v) is 4.69. The molecule has 0 radical (unpaired) electrons. The lowest BCUT2D eigenvalue weighted by Crippen LogP contribution is -2.46. The summed E-state index contributed by atoms with van der Waals surface area (Å²) < 4.78 is 19.9. The molecule has 5 nitrogen and oxygen atoms in total. The van der Waals surface area contributed by atoms with Crippen LogP contribution in [0.4, 0.5) is 10.4 Å². The maximum atomic E-state index is 14.0. The number of alkyl halides is 1. The summed E-state index contributed by atoms with van der Waals surface area (Å²) in [6.07, 6.45) is 9.27. The van der Waals surface area contributed by atoms with Gasteiger partial charge in [-0.2, -0.15) is 0 Å². The SMILES string of the molecule is CC1(F)CCC(c2nnc(N3CCC(N4CCCCC4)CC3)o2)CC1. The maximum Gasteiger partial charge on any atom is 0.318 e. The fourth-order valence-electron chi connectivity index (χ4n) is 4.69. The summed E-state index contributed by atoms with van der Waals surface area (Å²) in [7, 11) is 0. The molecular formula is C19H31FN4O. The van der Waals surface area contributed by atoms with Gasteiger partial charge in [-0.25, -0.2) is 4.39 Å². The summed E-state index contributed by atoms with van der Waals surface area (Å²) in [6.45, 7) is 6.23. The third kappa shape index (κ3) is 3.99. The summed E-state index contributed by atoms with van der Waals surface area (Å²) in [5.41, 5.74) is -1.02. The van der Waals surface area contributed by atoms with E-state index in [0.29, 0.717) is 24.7 Å². The Bertz CT molecular complexity index is 552. The van der Waals surface area contributed by atoms with Crippen molar-refractivity contribution in [2.24, 2.45) is 0 Å². The molecule has 0 N–H and O–H groups in total. The molecule has 0 unspecified atom stereocenters. The molecule has 1 aromatic heterocycles. The Morgan fingerprint density at radius 1 is 0.960 bits per heavy atom. The molecule has 0 spiro atoms. The van der Waals surface area contributed by atoms with E-state index in [1.54, 1.807) is 6.92 Å². The Morgan fingerprint density at radius 2 is 1.64 bits per heavy atom. The van der Waals surface area contributed by atoms with Crippen molar-refractivity contribution < 1.29 is 8.81 Å². The Hall–Kier alpha value is -1.17. The van der Waals surface area contributed by atoms with Crippen LogP contribution in [0.2, 0.25) is 0 Å². The molecule has 3 fully saturated rings. The van der Waals surface area contributed by atoms with Crippen molar-refractivity contribution in [1.82, 2.24) is 15.1 Å². The van der Waals surface area contributed by atoms with Gasteiger partial charge in [0.05, 0.1) is 0 Å². The van der Waals surface area contributed by atoms with Crippen LogP contribution in [0.5, 0.6) is 0 Å². The minimum atomic E-state index is -1.02. The molecule has 2 aliphatic heterocycles. The molecule has 0 amide bonds. The third-order valence-electron chi connectivity index (χ3n) is 6.45. The molecule has 0 aromatic carbocycles. The van der Waals surface area contributed by atoms with Crippen molar-refractivity contribution in [2.45, 2.75) is 82.3 Å². The van der Waals surface area contributed by atoms with Crippen LogP contribution in [0.3, 0.4) is 0 Å². The Labute approximate surface area is 150 Å². The average molecular weight is 350 g/mol. The van der Waals surface area contributed by atoms with Gasteiger partial charge in [-0.15, -0.1) is 5.10 Å². The quantitative estimate of drug-likeness (QED) is 0.827. The first-order valence-electron chi connectivity index (χ1n) is 10.1. The zero-order chi connectivity index (χ0) is 17.3. The number of hydrogen-bond acceptors (Lipinski definition) is 5. The van der Waals surface area contributed by atoms with Gasteiger partial charge >= 0.3 is 6.01 Å². The van der Waals surface area contributed by atoms with E-state index in [1.165, 1.54) is 45.2 Å². The lowest BCUT2D eigenvalue weighted by atomic mass is 9.81. The highest BCUT2D eigenvalue weighted by atomic mass is 19.1. The Morgan fingerprint density at radius 3 is 2.32 bits per heavy atom. The molecule has 6 heteroatoms. The predicted octanol–water partition coefficient (Wildman–Crippen LogP) is 3.91. The number of hydrogen-bond donors (Lipinski definition) is 0. The molecular weight excluding hydrogens is 319 g/mol. The number of halogens is 1. The second-order valence-electron chi connectivity index (χ2n) is 8.43. The minimum Gasteiger partial charge on any atom is -0.408 e. The first kappa shape index (κ1) is 17.3. The van der Waals surface area contributed by atoms with Gasteiger partial charge in [-0.05, 0) is 71.4 Å². The molecule has 4 rings (SSSR count). The lowest BCUT2D eigenvalue weighted by Gasteiger charge is -2.39. The Balaban J connectivity index is 1.31. The molecule has 140 valence electrons. The van der Waals surface area contributed by atoms with E-state index in [9.17, 15) is 4.39 Å². The number of likely N-dealkylation sites (tertiary alicyclic amines) is 1. The standard InChI is InChI=1S/C19H31FN4O/c1-19(20)9-5-15(6-10-19)17-21-22-18(25-17)24-13-7-16(8-14-24)23-11-3-2-4-12-23/h15-16H,2-14H2,1H3. The van der Waals surface area contributed by atoms with Crippen molar-refractivity contribution >= 4 is 6.01 Å². The zero-order valence-electron chi connectivity index (χ0n) is 15.4. The topological polar surface area (TPSA) is 45.4 Å². The van der Waals surface area contributed by atoms with E-state index in [2.05, 4.69) is 20.0 Å². The second-order valence-corrected chi connectivity index (χ2v) is 8.43. The number of aromatic nitrogens is 2. The molecule has 0 atom stereocenters. The molecule has 3 aliphatic rings. The molecule has 3 heterocycles. The van der Waals surface area contributed by atoms with Crippen LogP contribution in [0, 0.1) is 0 Å². The molecule has 0 bridgehead atoms. The molecule has 25 heavy (non-hydrogen) atoms. The van der Waals surface area contributed by atoms with E-state index < -0.39 is 5.67 Å². The first-order valence-corrected chi connectivity index (χ1v) is 10.1. The molecule has 1 aliphatic carbocycles. The number of anilines is 1. The van der Waals surface area contributed by atoms with Crippen molar-refractivity contribution in [3.63, 3.8) is 0 Å². The van der Waals surface area contributed by atoms with Gasteiger partial charge in [0.15, 0.2) is 0 Å². The molecule has 2 saturated heterocycles. The largest absolute Gasteiger partial charge is 0.408 e. The van der Waals surface area contributed by atoms with Crippen molar-refractivity contribution in [3.05, 3.63) is 5.89 Å².